The normalized spacial score (nSPS) is 12.5. The van der Waals surface area contributed by atoms with E-state index in [-0.39, 0.29) is 5.69 Å². The van der Waals surface area contributed by atoms with E-state index in [4.69, 9.17) is 14.2 Å². The van der Waals surface area contributed by atoms with Crippen molar-refractivity contribution in [3.05, 3.63) is 47.5 Å². The van der Waals surface area contributed by atoms with Crippen LogP contribution in [0, 0.1) is 11.6 Å². The molecule has 2 heterocycles. The van der Waals surface area contributed by atoms with Crippen LogP contribution in [0.25, 0.3) is 16.9 Å². The maximum atomic E-state index is 14.4. The van der Waals surface area contributed by atoms with Crippen LogP contribution < -0.4 is 19.5 Å². The fourth-order valence-electron chi connectivity index (χ4n) is 3.45. The molecule has 0 radical (unpaired) electrons. The first-order chi connectivity index (χ1) is 13.6. The predicted octanol–water partition coefficient (Wildman–Crippen LogP) is 3.81. The van der Waals surface area contributed by atoms with Gasteiger partial charge in [-0.3, -0.25) is 0 Å². The Labute approximate surface area is 160 Å². The monoisotopic (exact) mass is 387 g/mol. The lowest BCUT2D eigenvalue weighted by atomic mass is 10.1. The standard InChI is InChI=1S/C20H19F2N3O3/c1-26-16-8-11(9-17(27-2)19(16)28-3)18-13-6-7-23-20(13)25(24-18)15-5-4-12(21)10-14(15)22/h4-5,8-10,23H,6-7H2,1-3H3. The van der Waals surface area contributed by atoms with Crippen molar-refractivity contribution in [2.45, 2.75) is 6.42 Å². The second-order valence-electron chi connectivity index (χ2n) is 6.27. The topological polar surface area (TPSA) is 57.5 Å². The molecule has 146 valence electrons. The van der Waals surface area contributed by atoms with Crippen LogP contribution in [0.2, 0.25) is 0 Å². The van der Waals surface area contributed by atoms with Gasteiger partial charge in [-0.2, -0.15) is 5.10 Å². The summed E-state index contributed by atoms with van der Waals surface area (Å²) in [4.78, 5) is 0. The summed E-state index contributed by atoms with van der Waals surface area (Å²) in [6.45, 7) is 0.702. The van der Waals surface area contributed by atoms with E-state index in [1.165, 1.54) is 23.9 Å². The van der Waals surface area contributed by atoms with Gasteiger partial charge in [-0.05, 0) is 30.7 Å². The number of aromatic nitrogens is 2. The van der Waals surface area contributed by atoms with Gasteiger partial charge >= 0.3 is 0 Å². The number of benzene rings is 2. The van der Waals surface area contributed by atoms with Gasteiger partial charge in [0.25, 0.3) is 0 Å². The van der Waals surface area contributed by atoms with Crippen LogP contribution >= 0.6 is 0 Å². The highest BCUT2D eigenvalue weighted by Gasteiger charge is 2.26. The zero-order valence-electron chi connectivity index (χ0n) is 15.7. The Bertz CT molecular complexity index is 1020. The Hall–Kier alpha value is -3.29. The molecule has 0 bridgehead atoms. The number of hydrogen-bond donors (Lipinski definition) is 1. The fourth-order valence-corrected chi connectivity index (χ4v) is 3.45. The highest BCUT2D eigenvalue weighted by molar-refractivity contribution is 5.76. The first-order valence-electron chi connectivity index (χ1n) is 8.69. The maximum Gasteiger partial charge on any atom is 0.203 e. The molecular weight excluding hydrogens is 368 g/mol. The molecule has 0 amide bonds. The quantitative estimate of drug-likeness (QED) is 0.722. The van der Waals surface area contributed by atoms with E-state index in [2.05, 4.69) is 10.4 Å². The minimum absolute atomic E-state index is 0.172. The molecule has 6 nitrogen and oxygen atoms in total. The van der Waals surface area contributed by atoms with Gasteiger partial charge in [0.05, 0.1) is 27.0 Å². The summed E-state index contributed by atoms with van der Waals surface area (Å²) in [6.07, 6.45) is 0.726. The van der Waals surface area contributed by atoms with Crippen LogP contribution in [0.1, 0.15) is 5.56 Å². The van der Waals surface area contributed by atoms with Crippen molar-refractivity contribution in [1.29, 1.82) is 0 Å². The summed E-state index contributed by atoms with van der Waals surface area (Å²) < 4.78 is 45.4. The first-order valence-corrected chi connectivity index (χ1v) is 8.69. The molecular formula is C20H19F2N3O3. The molecule has 28 heavy (non-hydrogen) atoms. The summed E-state index contributed by atoms with van der Waals surface area (Å²) >= 11 is 0. The number of anilines is 1. The third kappa shape index (κ3) is 2.81. The molecule has 8 heteroatoms. The van der Waals surface area contributed by atoms with Crippen LogP contribution in [0.15, 0.2) is 30.3 Å². The zero-order chi connectivity index (χ0) is 19.8. The van der Waals surface area contributed by atoms with Crippen molar-refractivity contribution in [2.24, 2.45) is 0 Å². The minimum Gasteiger partial charge on any atom is -0.493 e. The third-order valence-corrected chi connectivity index (χ3v) is 4.73. The zero-order valence-corrected chi connectivity index (χ0v) is 15.7. The van der Waals surface area contributed by atoms with Crippen molar-refractivity contribution in [2.75, 3.05) is 33.2 Å². The summed E-state index contributed by atoms with van der Waals surface area (Å²) in [7, 11) is 4.62. The highest BCUT2D eigenvalue weighted by atomic mass is 19.1. The van der Waals surface area contributed by atoms with Gasteiger partial charge in [0.1, 0.15) is 17.3 Å². The molecule has 1 aliphatic heterocycles. The van der Waals surface area contributed by atoms with E-state index < -0.39 is 11.6 Å². The molecule has 4 rings (SSSR count). The Balaban J connectivity index is 1.91. The molecule has 0 aliphatic carbocycles. The first kappa shape index (κ1) is 18.1. The second kappa shape index (κ2) is 7.03. The average molecular weight is 387 g/mol. The molecule has 0 atom stereocenters. The molecule has 0 unspecified atom stereocenters. The number of nitrogens with zero attached hydrogens (tertiary/aromatic N) is 2. The largest absolute Gasteiger partial charge is 0.493 e. The molecule has 0 fully saturated rings. The lowest BCUT2D eigenvalue weighted by Gasteiger charge is -2.13. The van der Waals surface area contributed by atoms with Gasteiger partial charge in [0, 0.05) is 23.7 Å². The fraction of sp³-hybridized carbons (Fsp3) is 0.250. The smallest absolute Gasteiger partial charge is 0.203 e. The molecule has 2 aromatic carbocycles. The second-order valence-corrected chi connectivity index (χ2v) is 6.27. The van der Waals surface area contributed by atoms with E-state index >= 15 is 0 Å². The lowest BCUT2D eigenvalue weighted by molar-refractivity contribution is 0.324. The van der Waals surface area contributed by atoms with Gasteiger partial charge in [0.15, 0.2) is 17.3 Å². The van der Waals surface area contributed by atoms with Crippen LogP contribution in [-0.2, 0) is 6.42 Å². The Morgan fingerprint density at radius 3 is 2.32 bits per heavy atom. The van der Waals surface area contributed by atoms with Gasteiger partial charge < -0.3 is 19.5 Å². The van der Waals surface area contributed by atoms with Crippen molar-refractivity contribution < 1.29 is 23.0 Å². The Kier molecular flexibility index (Phi) is 4.54. The van der Waals surface area contributed by atoms with Crippen LogP contribution in [0.4, 0.5) is 14.6 Å². The van der Waals surface area contributed by atoms with Crippen molar-refractivity contribution in [3.8, 4) is 34.2 Å². The predicted molar refractivity (Wildman–Crippen MR) is 101 cm³/mol. The summed E-state index contributed by atoms with van der Waals surface area (Å²) in [5.74, 6) is 0.846. The van der Waals surface area contributed by atoms with Crippen LogP contribution in [-0.4, -0.2) is 37.7 Å². The van der Waals surface area contributed by atoms with E-state index in [0.29, 0.717) is 35.3 Å². The van der Waals surface area contributed by atoms with E-state index in [1.807, 2.05) is 0 Å². The van der Waals surface area contributed by atoms with Gasteiger partial charge in [-0.25, -0.2) is 13.5 Å². The third-order valence-electron chi connectivity index (χ3n) is 4.73. The number of methoxy groups -OCH3 is 3. The van der Waals surface area contributed by atoms with E-state index in [9.17, 15) is 8.78 Å². The van der Waals surface area contributed by atoms with E-state index in [0.717, 1.165) is 23.6 Å². The molecule has 1 N–H and O–H groups in total. The van der Waals surface area contributed by atoms with Gasteiger partial charge in [0.2, 0.25) is 5.75 Å². The molecule has 3 aromatic rings. The van der Waals surface area contributed by atoms with Crippen molar-refractivity contribution in [1.82, 2.24) is 9.78 Å². The summed E-state index contributed by atoms with van der Waals surface area (Å²) in [6, 6.07) is 7.02. The number of fused-ring (bicyclic) bond motifs is 1. The van der Waals surface area contributed by atoms with E-state index in [1.54, 1.807) is 26.4 Å². The number of nitrogens with one attached hydrogen (secondary N) is 1. The molecule has 0 saturated carbocycles. The minimum atomic E-state index is -0.685. The average Bonchev–Trinajstić information content (AvgIpc) is 3.30. The molecule has 0 saturated heterocycles. The number of hydrogen-bond acceptors (Lipinski definition) is 5. The summed E-state index contributed by atoms with van der Waals surface area (Å²) in [5.41, 5.74) is 2.53. The molecule has 0 spiro atoms. The Morgan fingerprint density at radius 2 is 1.71 bits per heavy atom. The molecule has 1 aromatic heterocycles. The van der Waals surface area contributed by atoms with Crippen molar-refractivity contribution in [3.63, 3.8) is 0 Å². The van der Waals surface area contributed by atoms with Crippen molar-refractivity contribution >= 4 is 5.82 Å². The summed E-state index contributed by atoms with van der Waals surface area (Å²) in [5, 5.41) is 7.84. The molecule has 1 aliphatic rings. The highest BCUT2D eigenvalue weighted by Crippen LogP contribution is 2.43. The number of rotatable bonds is 5. The van der Waals surface area contributed by atoms with Crippen LogP contribution in [0.3, 0.4) is 0 Å². The number of halogens is 2. The lowest BCUT2D eigenvalue weighted by Crippen LogP contribution is -2.06. The van der Waals surface area contributed by atoms with Crippen LogP contribution in [0.5, 0.6) is 17.2 Å². The Morgan fingerprint density at radius 1 is 1.00 bits per heavy atom. The van der Waals surface area contributed by atoms with Gasteiger partial charge in [-0.15, -0.1) is 0 Å². The van der Waals surface area contributed by atoms with Gasteiger partial charge in [-0.1, -0.05) is 0 Å². The maximum absolute atomic E-state index is 14.4. The SMILES string of the molecule is COc1cc(-c2nn(-c3ccc(F)cc3F)c3c2CCN3)cc(OC)c1OC. The number of ether oxygens (including phenoxy) is 3.